The van der Waals surface area contributed by atoms with E-state index >= 15 is 0 Å². The third-order valence-corrected chi connectivity index (χ3v) is 6.48. The summed E-state index contributed by atoms with van der Waals surface area (Å²) in [5, 5.41) is 5.65. The number of carbonyl (C=O) groups is 1. The highest BCUT2D eigenvalue weighted by Crippen LogP contribution is 2.47. The Morgan fingerprint density at radius 3 is 2.52 bits per heavy atom. The molecule has 1 aliphatic heterocycles. The number of nitrogens with one attached hydrogen (secondary N) is 2. The van der Waals surface area contributed by atoms with Crippen molar-refractivity contribution >= 4 is 15.9 Å². The quantitative estimate of drug-likeness (QED) is 0.845. The molecule has 23 heavy (non-hydrogen) atoms. The molecular formula is C16H22N2O4S. The van der Waals surface area contributed by atoms with E-state index in [9.17, 15) is 13.2 Å². The molecule has 2 aliphatic rings. The van der Waals surface area contributed by atoms with Gasteiger partial charge in [-0.3, -0.25) is 0 Å². The first-order valence-electron chi connectivity index (χ1n) is 7.82. The molecule has 2 fully saturated rings. The third kappa shape index (κ3) is 3.77. The van der Waals surface area contributed by atoms with Crippen molar-refractivity contribution in [2.45, 2.75) is 30.7 Å². The number of methoxy groups -OCH3 is 1. The molecule has 1 aromatic carbocycles. The van der Waals surface area contributed by atoms with Gasteiger partial charge in [-0.15, -0.1) is 0 Å². The zero-order chi connectivity index (χ0) is 16.5. The lowest BCUT2D eigenvalue weighted by molar-refractivity contribution is 0.237. The van der Waals surface area contributed by atoms with Gasteiger partial charge in [0.25, 0.3) is 0 Å². The van der Waals surface area contributed by atoms with Gasteiger partial charge < -0.3 is 15.4 Å². The van der Waals surface area contributed by atoms with Crippen LogP contribution in [-0.2, 0) is 15.3 Å². The van der Waals surface area contributed by atoms with Crippen LogP contribution in [0.15, 0.2) is 24.3 Å². The predicted octanol–water partition coefficient (Wildman–Crippen LogP) is 1.21. The third-order valence-electron chi connectivity index (χ3n) is 4.71. The van der Waals surface area contributed by atoms with E-state index in [4.69, 9.17) is 4.74 Å². The summed E-state index contributed by atoms with van der Waals surface area (Å²) in [6.07, 6.45) is 2.58. The standard InChI is InChI=1S/C16H22N2O4S/c1-22-14-4-2-12(3-5-14)16(7-8-16)11-17-15(19)18-13-6-9-23(20,21)10-13/h2-5,13H,6-11H2,1H3,(H2,17,18,19). The summed E-state index contributed by atoms with van der Waals surface area (Å²) in [5.41, 5.74) is 1.20. The first-order valence-corrected chi connectivity index (χ1v) is 9.64. The first kappa shape index (κ1) is 16.1. The number of rotatable bonds is 5. The van der Waals surface area contributed by atoms with Crippen LogP contribution in [0.1, 0.15) is 24.8 Å². The predicted molar refractivity (Wildman–Crippen MR) is 87.5 cm³/mol. The molecule has 1 heterocycles. The smallest absolute Gasteiger partial charge is 0.315 e. The van der Waals surface area contributed by atoms with Crippen molar-refractivity contribution in [3.63, 3.8) is 0 Å². The summed E-state index contributed by atoms with van der Waals surface area (Å²) in [6.45, 7) is 0.560. The summed E-state index contributed by atoms with van der Waals surface area (Å²) >= 11 is 0. The Kier molecular flexibility index (Phi) is 4.23. The van der Waals surface area contributed by atoms with Gasteiger partial charge in [0.1, 0.15) is 5.75 Å². The molecule has 0 spiro atoms. The van der Waals surface area contributed by atoms with Gasteiger partial charge in [0.05, 0.1) is 18.6 Å². The van der Waals surface area contributed by atoms with Gasteiger partial charge in [-0.25, -0.2) is 13.2 Å². The second-order valence-corrected chi connectivity index (χ2v) is 8.66. The van der Waals surface area contributed by atoms with E-state index < -0.39 is 9.84 Å². The molecule has 0 bridgehead atoms. The Morgan fingerprint density at radius 2 is 2.00 bits per heavy atom. The number of ether oxygens (including phenoxy) is 1. The molecule has 1 saturated carbocycles. The second kappa shape index (κ2) is 6.03. The summed E-state index contributed by atoms with van der Waals surface area (Å²) in [5.74, 6) is 1.02. The number of carbonyl (C=O) groups excluding carboxylic acids is 1. The molecule has 0 radical (unpaired) electrons. The van der Waals surface area contributed by atoms with Crippen LogP contribution >= 0.6 is 0 Å². The van der Waals surface area contributed by atoms with Gasteiger partial charge in [-0.05, 0) is 37.0 Å². The number of hydrogen-bond donors (Lipinski definition) is 2. The molecule has 1 unspecified atom stereocenters. The van der Waals surface area contributed by atoms with Crippen LogP contribution in [-0.4, -0.2) is 45.7 Å². The molecule has 126 valence electrons. The van der Waals surface area contributed by atoms with Crippen molar-refractivity contribution in [3.05, 3.63) is 29.8 Å². The molecule has 2 amide bonds. The van der Waals surface area contributed by atoms with Crippen molar-refractivity contribution in [2.75, 3.05) is 25.2 Å². The van der Waals surface area contributed by atoms with Gasteiger partial charge >= 0.3 is 6.03 Å². The van der Waals surface area contributed by atoms with Gasteiger partial charge in [0.15, 0.2) is 9.84 Å². The molecule has 3 rings (SSSR count). The van der Waals surface area contributed by atoms with Gasteiger partial charge in [0, 0.05) is 18.0 Å². The monoisotopic (exact) mass is 338 g/mol. The van der Waals surface area contributed by atoms with Crippen LogP contribution in [0.2, 0.25) is 0 Å². The summed E-state index contributed by atoms with van der Waals surface area (Å²) in [4.78, 5) is 12.0. The zero-order valence-electron chi connectivity index (χ0n) is 13.2. The average Bonchev–Trinajstić information content (AvgIpc) is 3.25. The maximum atomic E-state index is 12.0. The highest BCUT2D eigenvalue weighted by atomic mass is 32.2. The second-order valence-electron chi connectivity index (χ2n) is 6.44. The average molecular weight is 338 g/mol. The van der Waals surface area contributed by atoms with Crippen molar-refractivity contribution < 1.29 is 17.9 Å². The van der Waals surface area contributed by atoms with Crippen molar-refractivity contribution in [3.8, 4) is 5.75 Å². The van der Waals surface area contributed by atoms with E-state index in [2.05, 4.69) is 10.6 Å². The van der Waals surface area contributed by atoms with Crippen LogP contribution in [0.25, 0.3) is 0 Å². The zero-order valence-corrected chi connectivity index (χ0v) is 14.0. The molecule has 1 aliphatic carbocycles. The van der Waals surface area contributed by atoms with E-state index in [0.717, 1.165) is 18.6 Å². The first-order chi connectivity index (χ1) is 10.9. The number of benzene rings is 1. The minimum absolute atomic E-state index is 0.00532. The van der Waals surface area contributed by atoms with Crippen molar-refractivity contribution in [1.29, 1.82) is 0 Å². The molecule has 2 N–H and O–H groups in total. The largest absolute Gasteiger partial charge is 0.497 e. The number of sulfone groups is 1. The Bertz CT molecular complexity index is 681. The van der Waals surface area contributed by atoms with Crippen LogP contribution in [0, 0.1) is 0 Å². The lowest BCUT2D eigenvalue weighted by Crippen LogP contribution is -2.45. The van der Waals surface area contributed by atoms with Crippen LogP contribution < -0.4 is 15.4 Å². The van der Waals surface area contributed by atoms with E-state index in [1.54, 1.807) is 7.11 Å². The normalized spacial score (nSPS) is 24.0. The van der Waals surface area contributed by atoms with E-state index in [-0.39, 0.29) is 29.0 Å². The van der Waals surface area contributed by atoms with Crippen LogP contribution in [0.3, 0.4) is 0 Å². The van der Waals surface area contributed by atoms with E-state index in [1.165, 1.54) is 5.56 Å². The number of amides is 2. The minimum Gasteiger partial charge on any atom is -0.497 e. The van der Waals surface area contributed by atoms with Gasteiger partial charge in [-0.2, -0.15) is 0 Å². The minimum atomic E-state index is -2.98. The highest BCUT2D eigenvalue weighted by molar-refractivity contribution is 7.91. The molecule has 6 nitrogen and oxygen atoms in total. The SMILES string of the molecule is COc1ccc(C2(CNC(=O)NC3CCS(=O)(=O)C3)CC2)cc1. The number of hydrogen-bond acceptors (Lipinski definition) is 4. The number of urea groups is 1. The Labute approximate surface area is 136 Å². The van der Waals surface area contributed by atoms with Crippen molar-refractivity contribution in [1.82, 2.24) is 10.6 Å². The van der Waals surface area contributed by atoms with Gasteiger partial charge in [0.2, 0.25) is 0 Å². The van der Waals surface area contributed by atoms with Crippen LogP contribution in [0.5, 0.6) is 5.75 Å². The molecular weight excluding hydrogens is 316 g/mol. The fourth-order valence-electron chi connectivity index (χ4n) is 3.06. The van der Waals surface area contributed by atoms with E-state index in [1.807, 2.05) is 24.3 Å². The maximum Gasteiger partial charge on any atom is 0.315 e. The topological polar surface area (TPSA) is 84.5 Å². The summed E-state index contributed by atoms with van der Waals surface area (Å²) in [7, 11) is -1.34. The van der Waals surface area contributed by atoms with Crippen molar-refractivity contribution in [2.24, 2.45) is 0 Å². The summed E-state index contributed by atoms with van der Waals surface area (Å²) < 4.78 is 28.0. The molecule has 0 aromatic heterocycles. The summed E-state index contributed by atoms with van der Waals surface area (Å²) in [6, 6.07) is 7.38. The fourth-order valence-corrected chi connectivity index (χ4v) is 4.73. The van der Waals surface area contributed by atoms with Crippen LogP contribution in [0.4, 0.5) is 4.79 Å². The molecule has 1 saturated heterocycles. The Morgan fingerprint density at radius 1 is 1.30 bits per heavy atom. The highest BCUT2D eigenvalue weighted by Gasteiger charge is 2.44. The fraction of sp³-hybridized carbons (Fsp3) is 0.562. The Hall–Kier alpha value is -1.76. The Balaban J connectivity index is 1.52. The maximum absolute atomic E-state index is 12.0. The molecule has 1 aromatic rings. The molecule has 7 heteroatoms. The lowest BCUT2D eigenvalue weighted by atomic mass is 9.96. The van der Waals surface area contributed by atoms with E-state index in [0.29, 0.717) is 13.0 Å². The lowest BCUT2D eigenvalue weighted by Gasteiger charge is -2.18. The molecule has 1 atom stereocenters. The van der Waals surface area contributed by atoms with Gasteiger partial charge in [-0.1, -0.05) is 12.1 Å².